The van der Waals surface area contributed by atoms with Gasteiger partial charge in [-0.2, -0.15) is 5.26 Å². The summed E-state index contributed by atoms with van der Waals surface area (Å²) in [6, 6.07) is 2.18. The van der Waals surface area contributed by atoms with Gasteiger partial charge in [0.2, 0.25) is 0 Å². The number of nitriles is 1. The molecule has 0 spiro atoms. The molecule has 30 heavy (non-hydrogen) atoms. The second-order valence-corrected chi connectivity index (χ2v) is 7.64. The molecule has 0 N–H and O–H groups in total. The van der Waals surface area contributed by atoms with Gasteiger partial charge in [0.15, 0.2) is 12.3 Å². The van der Waals surface area contributed by atoms with Crippen LogP contribution in [0.4, 0.5) is 0 Å². The monoisotopic (exact) mass is 419 g/mol. The van der Waals surface area contributed by atoms with Gasteiger partial charge in [-0.05, 0) is 59.4 Å². The van der Waals surface area contributed by atoms with Crippen molar-refractivity contribution in [3.63, 3.8) is 0 Å². The van der Waals surface area contributed by atoms with E-state index in [2.05, 4.69) is 47.4 Å². The first kappa shape index (κ1) is 22.5. The highest BCUT2D eigenvalue weighted by Crippen LogP contribution is 2.24. The average Bonchev–Trinajstić information content (AvgIpc) is 3.56. The van der Waals surface area contributed by atoms with Crippen LogP contribution in [-0.4, -0.2) is 52.0 Å². The molecule has 0 aliphatic carbocycles. The third kappa shape index (κ3) is 7.55. The van der Waals surface area contributed by atoms with Crippen LogP contribution in [0.1, 0.15) is 38.5 Å². The molecule has 12 heteroatoms. The maximum absolute atomic E-state index is 8.36. The Kier molecular flexibility index (Phi) is 9.84. The molecule has 3 saturated heterocycles. The quantitative estimate of drug-likeness (QED) is 0.662. The highest BCUT2D eigenvalue weighted by atomic mass is 16.5. The van der Waals surface area contributed by atoms with Crippen LogP contribution in [0, 0.1) is 29.1 Å². The van der Waals surface area contributed by atoms with Crippen LogP contribution < -0.4 is 0 Å². The number of ether oxygens (including phenoxy) is 3. The standard InChI is InChI=1S/2C6H10N4O.C6H9NO/c2*1-2-5(4-11-3-1)6-7-9-10-8-6;7-4-6-2-1-3-8-5-6/h2*5-6H,1-4H2;6H,1-3,5H2. The zero-order chi connectivity index (χ0) is 20.9. The summed E-state index contributed by atoms with van der Waals surface area (Å²) in [6.07, 6.45) is 6.42. The van der Waals surface area contributed by atoms with Gasteiger partial charge in [0, 0.05) is 31.7 Å². The Labute approximate surface area is 175 Å². The normalized spacial score (nSPS) is 30.8. The Balaban J connectivity index is 0.000000130. The fourth-order valence-corrected chi connectivity index (χ4v) is 3.57. The number of hydrogen-bond acceptors (Lipinski definition) is 12. The van der Waals surface area contributed by atoms with Crippen LogP contribution >= 0.6 is 0 Å². The summed E-state index contributed by atoms with van der Waals surface area (Å²) in [7, 11) is 0. The predicted molar refractivity (Wildman–Crippen MR) is 103 cm³/mol. The summed E-state index contributed by atoms with van der Waals surface area (Å²) in [4.78, 5) is 0. The Morgan fingerprint density at radius 2 is 1.03 bits per heavy atom. The van der Waals surface area contributed by atoms with Gasteiger partial charge in [-0.3, -0.25) is 0 Å². The molecular weight excluding hydrogens is 390 g/mol. The Bertz CT molecular complexity index is 580. The lowest BCUT2D eigenvalue weighted by Gasteiger charge is -2.22. The SMILES string of the molecule is C1COCC(C2N=NN=N2)C1.C1COCC(C2N=NN=N2)C1.N#CC1CCCOC1. The van der Waals surface area contributed by atoms with Gasteiger partial charge in [0.05, 0.1) is 31.8 Å². The summed E-state index contributed by atoms with van der Waals surface area (Å²) in [6.45, 7) is 4.75. The first-order valence-electron chi connectivity index (χ1n) is 10.6. The van der Waals surface area contributed by atoms with Crippen LogP contribution in [0.3, 0.4) is 0 Å². The van der Waals surface area contributed by atoms with Crippen molar-refractivity contribution in [3.05, 3.63) is 0 Å². The van der Waals surface area contributed by atoms with Gasteiger partial charge in [0.25, 0.3) is 0 Å². The van der Waals surface area contributed by atoms with E-state index in [4.69, 9.17) is 19.5 Å². The number of rotatable bonds is 2. The molecule has 5 aliphatic heterocycles. The van der Waals surface area contributed by atoms with E-state index in [1.165, 1.54) is 0 Å². The third-order valence-corrected chi connectivity index (χ3v) is 5.34. The first-order valence-corrected chi connectivity index (χ1v) is 10.6. The van der Waals surface area contributed by atoms with E-state index < -0.39 is 0 Å². The van der Waals surface area contributed by atoms with Crippen molar-refractivity contribution in [1.82, 2.24) is 0 Å². The third-order valence-electron chi connectivity index (χ3n) is 5.34. The lowest BCUT2D eigenvalue weighted by molar-refractivity contribution is 0.0459. The van der Waals surface area contributed by atoms with E-state index in [0.717, 1.165) is 71.6 Å². The molecule has 0 aromatic rings. The van der Waals surface area contributed by atoms with Gasteiger partial charge >= 0.3 is 0 Å². The summed E-state index contributed by atoms with van der Waals surface area (Å²) in [5.41, 5.74) is 0. The van der Waals surface area contributed by atoms with Crippen molar-refractivity contribution < 1.29 is 14.2 Å². The molecule has 0 bridgehead atoms. The van der Waals surface area contributed by atoms with Crippen molar-refractivity contribution in [2.45, 2.75) is 50.9 Å². The van der Waals surface area contributed by atoms with Crippen molar-refractivity contribution in [2.24, 2.45) is 59.1 Å². The fraction of sp³-hybridized carbons (Fsp3) is 0.944. The molecule has 0 aromatic carbocycles. The number of hydrogen-bond donors (Lipinski definition) is 0. The van der Waals surface area contributed by atoms with E-state index in [0.29, 0.717) is 18.4 Å². The topological polar surface area (TPSA) is 150 Å². The van der Waals surface area contributed by atoms with Crippen LogP contribution in [0.2, 0.25) is 0 Å². The Morgan fingerprint density at radius 3 is 1.33 bits per heavy atom. The van der Waals surface area contributed by atoms with Crippen LogP contribution in [0.5, 0.6) is 0 Å². The molecule has 5 heterocycles. The first-order chi connectivity index (χ1) is 14.9. The molecule has 12 nitrogen and oxygen atoms in total. The average molecular weight is 419 g/mol. The van der Waals surface area contributed by atoms with Crippen LogP contribution in [-0.2, 0) is 14.2 Å². The second-order valence-electron chi connectivity index (χ2n) is 7.64. The lowest BCUT2D eigenvalue weighted by atomic mass is 10.00. The van der Waals surface area contributed by atoms with Crippen LogP contribution in [0.15, 0.2) is 41.4 Å². The molecule has 164 valence electrons. The summed E-state index contributed by atoms with van der Waals surface area (Å²) in [5.74, 6) is 0.973. The van der Waals surface area contributed by atoms with Gasteiger partial charge in [-0.15, -0.1) is 20.5 Å². The molecule has 0 radical (unpaired) electrons. The van der Waals surface area contributed by atoms with E-state index in [1.54, 1.807) is 0 Å². The molecule has 3 atom stereocenters. The smallest absolute Gasteiger partial charge is 0.190 e. The summed E-state index contributed by atoms with van der Waals surface area (Å²) < 4.78 is 15.6. The molecule has 0 saturated carbocycles. The van der Waals surface area contributed by atoms with Crippen molar-refractivity contribution >= 4 is 0 Å². The minimum Gasteiger partial charge on any atom is -0.381 e. The van der Waals surface area contributed by atoms with Crippen molar-refractivity contribution in [3.8, 4) is 6.07 Å². The van der Waals surface area contributed by atoms with Crippen molar-refractivity contribution in [2.75, 3.05) is 39.6 Å². The largest absolute Gasteiger partial charge is 0.381 e. The van der Waals surface area contributed by atoms with Crippen LogP contribution in [0.25, 0.3) is 0 Å². The highest BCUT2D eigenvalue weighted by Gasteiger charge is 2.26. The van der Waals surface area contributed by atoms with E-state index in [-0.39, 0.29) is 18.2 Å². The lowest BCUT2D eigenvalue weighted by Crippen LogP contribution is -2.25. The Hall–Kier alpha value is -2.23. The second kappa shape index (κ2) is 13.1. The minimum atomic E-state index is -0.0599. The van der Waals surface area contributed by atoms with Gasteiger partial charge in [-0.25, -0.2) is 0 Å². The molecular formula is C18H29N9O3. The fourth-order valence-electron chi connectivity index (χ4n) is 3.57. The van der Waals surface area contributed by atoms with Gasteiger partial charge < -0.3 is 14.2 Å². The predicted octanol–water partition coefficient (Wildman–Crippen LogP) is 4.08. The number of nitrogens with zero attached hydrogens (tertiary/aromatic N) is 9. The minimum absolute atomic E-state index is 0.0599. The molecule has 0 amide bonds. The molecule has 3 unspecified atom stereocenters. The van der Waals surface area contributed by atoms with E-state index in [1.807, 2.05) is 0 Å². The maximum Gasteiger partial charge on any atom is 0.190 e. The zero-order valence-corrected chi connectivity index (χ0v) is 17.1. The van der Waals surface area contributed by atoms with E-state index in [9.17, 15) is 0 Å². The molecule has 3 fully saturated rings. The highest BCUT2D eigenvalue weighted by molar-refractivity contribution is 4.83. The molecule has 5 aliphatic rings. The van der Waals surface area contributed by atoms with Crippen molar-refractivity contribution in [1.29, 1.82) is 5.26 Å². The molecule has 5 rings (SSSR count). The van der Waals surface area contributed by atoms with E-state index >= 15 is 0 Å². The zero-order valence-electron chi connectivity index (χ0n) is 17.1. The Morgan fingerprint density at radius 1 is 0.600 bits per heavy atom. The summed E-state index contributed by atoms with van der Waals surface area (Å²) >= 11 is 0. The van der Waals surface area contributed by atoms with Gasteiger partial charge in [0.1, 0.15) is 0 Å². The maximum atomic E-state index is 8.36. The molecule has 0 aromatic heterocycles. The summed E-state index contributed by atoms with van der Waals surface area (Å²) in [5, 5.41) is 37.7. The van der Waals surface area contributed by atoms with Gasteiger partial charge in [-0.1, -0.05) is 0 Å².